The van der Waals surface area contributed by atoms with Crippen molar-refractivity contribution in [1.82, 2.24) is 14.3 Å². The summed E-state index contributed by atoms with van der Waals surface area (Å²) in [6.45, 7) is 3.05. The molecule has 4 rings (SSSR count). The van der Waals surface area contributed by atoms with Crippen LogP contribution >= 0.6 is 10.8 Å². The number of hydrogen-bond acceptors (Lipinski definition) is 7. The second-order valence-corrected chi connectivity index (χ2v) is 9.13. The molecule has 0 saturated carbocycles. The van der Waals surface area contributed by atoms with Crippen molar-refractivity contribution >= 4 is 27.6 Å². The van der Waals surface area contributed by atoms with E-state index in [1.54, 1.807) is 26.2 Å². The third kappa shape index (κ3) is 3.69. The minimum atomic E-state index is -2.93. The zero-order chi connectivity index (χ0) is 19.7. The van der Waals surface area contributed by atoms with Crippen molar-refractivity contribution in [2.75, 3.05) is 45.3 Å². The first-order valence-corrected chi connectivity index (χ1v) is 10.6. The van der Waals surface area contributed by atoms with Gasteiger partial charge in [-0.1, -0.05) is 18.2 Å². The predicted octanol–water partition coefficient (Wildman–Crippen LogP) is 3.72. The van der Waals surface area contributed by atoms with E-state index in [2.05, 4.69) is 9.88 Å². The Balaban J connectivity index is 1.65. The summed E-state index contributed by atoms with van der Waals surface area (Å²) in [6, 6.07) is 13.3. The van der Waals surface area contributed by atoms with E-state index in [9.17, 15) is 9.11 Å². The number of rotatable bonds is 4. The van der Waals surface area contributed by atoms with Gasteiger partial charge in [0.1, 0.15) is 5.82 Å². The summed E-state index contributed by atoms with van der Waals surface area (Å²) in [5.41, 5.74) is 3.68. The Labute approximate surface area is 166 Å². The molecule has 0 unspecified atom stereocenters. The number of benzene rings is 2. The van der Waals surface area contributed by atoms with Crippen molar-refractivity contribution in [3.63, 3.8) is 0 Å². The molecular weight excluding hydrogens is 376 g/mol. The molecule has 1 aliphatic rings. The van der Waals surface area contributed by atoms with Crippen LogP contribution in [-0.2, 0) is 4.74 Å². The minimum Gasteiger partial charge on any atom is -0.378 e. The van der Waals surface area contributed by atoms with E-state index in [1.807, 2.05) is 36.5 Å². The van der Waals surface area contributed by atoms with E-state index in [4.69, 9.17) is 9.72 Å². The minimum absolute atomic E-state index is 0.497. The second-order valence-electron chi connectivity index (χ2n) is 6.89. The summed E-state index contributed by atoms with van der Waals surface area (Å²) in [5.74, 6) is 0.864. The molecule has 7 nitrogen and oxygen atoms in total. The van der Waals surface area contributed by atoms with Gasteiger partial charge in [0, 0.05) is 27.2 Å². The van der Waals surface area contributed by atoms with Gasteiger partial charge in [0.2, 0.25) is 0 Å². The van der Waals surface area contributed by atoms with E-state index in [0.717, 1.165) is 41.1 Å². The Morgan fingerprint density at radius 1 is 0.964 bits per heavy atom. The van der Waals surface area contributed by atoms with Crippen LogP contribution in [0.4, 0.5) is 5.82 Å². The van der Waals surface area contributed by atoms with E-state index >= 15 is 0 Å². The maximum atomic E-state index is 10.3. The van der Waals surface area contributed by atoms with Gasteiger partial charge in [-0.15, -0.1) is 10.8 Å². The normalized spacial score (nSPS) is 16.0. The number of morpholine rings is 1. The lowest BCUT2D eigenvalue weighted by Crippen LogP contribution is -2.36. The first-order chi connectivity index (χ1) is 13.4. The largest absolute Gasteiger partial charge is 0.378 e. The molecule has 1 aromatic heterocycles. The van der Waals surface area contributed by atoms with Crippen molar-refractivity contribution in [2.45, 2.75) is 4.90 Å². The van der Waals surface area contributed by atoms with Crippen LogP contribution < -0.4 is 4.90 Å². The zero-order valence-electron chi connectivity index (χ0n) is 15.9. The van der Waals surface area contributed by atoms with Gasteiger partial charge in [0.05, 0.1) is 35.3 Å². The molecule has 2 aromatic carbocycles. The molecule has 0 spiro atoms. The highest BCUT2D eigenvalue weighted by Gasteiger charge is 2.18. The highest BCUT2D eigenvalue weighted by atomic mass is 32.3. The molecule has 148 valence electrons. The van der Waals surface area contributed by atoms with Crippen molar-refractivity contribution in [1.29, 1.82) is 0 Å². The molecule has 2 heterocycles. The zero-order valence-corrected chi connectivity index (χ0v) is 16.8. The lowest BCUT2D eigenvalue weighted by molar-refractivity contribution is 0.122. The van der Waals surface area contributed by atoms with Gasteiger partial charge in [-0.05, 0) is 35.4 Å². The first-order valence-electron chi connectivity index (χ1n) is 9.11. The quantitative estimate of drug-likeness (QED) is 0.691. The molecule has 1 aliphatic heterocycles. The summed E-state index contributed by atoms with van der Waals surface area (Å²) in [5, 5.41) is 0. The Morgan fingerprint density at radius 3 is 2.32 bits per heavy atom. The summed E-state index contributed by atoms with van der Waals surface area (Å²) in [6.07, 6.45) is 1.81. The van der Waals surface area contributed by atoms with Gasteiger partial charge >= 0.3 is 0 Å². The van der Waals surface area contributed by atoms with Crippen LogP contribution in [0.5, 0.6) is 0 Å². The van der Waals surface area contributed by atoms with Crippen molar-refractivity contribution in [3.05, 3.63) is 48.7 Å². The van der Waals surface area contributed by atoms with Crippen molar-refractivity contribution in [3.8, 4) is 11.1 Å². The SMILES string of the molecule is CN(C)S(O)(O)c1ccc(-c2ccc3ncc(N4CCOCC4)nc3c2)cc1. The first kappa shape index (κ1) is 19.1. The highest BCUT2D eigenvalue weighted by molar-refractivity contribution is 8.22. The molecule has 0 bridgehead atoms. The Morgan fingerprint density at radius 2 is 1.64 bits per heavy atom. The van der Waals surface area contributed by atoms with Crippen LogP contribution in [0.1, 0.15) is 0 Å². The predicted molar refractivity (Wildman–Crippen MR) is 113 cm³/mol. The van der Waals surface area contributed by atoms with Crippen LogP contribution in [0.2, 0.25) is 0 Å². The number of anilines is 1. The van der Waals surface area contributed by atoms with Gasteiger partial charge in [-0.2, -0.15) is 0 Å². The van der Waals surface area contributed by atoms with E-state index < -0.39 is 10.8 Å². The number of fused-ring (bicyclic) bond motifs is 1. The second kappa shape index (κ2) is 7.65. The fourth-order valence-electron chi connectivity index (χ4n) is 3.17. The fraction of sp³-hybridized carbons (Fsp3) is 0.300. The summed E-state index contributed by atoms with van der Waals surface area (Å²) in [7, 11) is 0.367. The van der Waals surface area contributed by atoms with Crippen molar-refractivity contribution < 1.29 is 13.8 Å². The maximum absolute atomic E-state index is 10.3. The lowest BCUT2D eigenvalue weighted by Gasteiger charge is -2.38. The van der Waals surface area contributed by atoms with Gasteiger partial charge in [0.25, 0.3) is 0 Å². The summed E-state index contributed by atoms with van der Waals surface area (Å²) in [4.78, 5) is 12.0. The van der Waals surface area contributed by atoms with Gasteiger partial charge < -0.3 is 9.64 Å². The average Bonchev–Trinajstić information content (AvgIpc) is 2.73. The van der Waals surface area contributed by atoms with E-state index in [-0.39, 0.29) is 0 Å². The smallest absolute Gasteiger partial charge is 0.148 e. The highest BCUT2D eigenvalue weighted by Crippen LogP contribution is 2.49. The van der Waals surface area contributed by atoms with Crippen molar-refractivity contribution in [2.24, 2.45) is 0 Å². The standard InChI is InChI=1S/C20H24N4O3S/c1-23(2)28(25,26)17-6-3-15(4-7-17)16-5-8-18-19(13-16)22-20(14-21-18)24-9-11-27-12-10-24/h3-8,13-14,25-26H,9-12H2,1-2H3. The van der Waals surface area contributed by atoms with Gasteiger partial charge in [0.15, 0.2) is 0 Å². The number of ether oxygens (including phenoxy) is 1. The Bertz CT molecular complexity index is 973. The molecule has 0 amide bonds. The molecule has 0 atom stereocenters. The fourth-order valence-corrected chi connectivity index (χ4v) is 4.09. The van der Waals surface area contributed by atoms with Crippen LogP contribution in [-0.4, -0.2) is 63.8 Å². The molecule has 1 fully saturated rings. The number of hydrogen-bond donors (Lipinski definition) is 2. The monoisotopic (exact) mass is 400 g/mol. The van der Waals surface area contributed by atoms with Gasteiger partial charge in [-0.3, -0.25) is 14.1 Å². The van der Waals surface area contributed by atoms with Crippen LogP contribution in [0, 0.1) is 0 Å². The third-order valence-corrected chi connectivity index (χ3v) is 6.80. The third-order valence-electron chi connectivity index (χ3n) is 4.88. The van der Waals surface area contributed by atoms with Crippen LogP contribution in [0.3, 0.4) is 0 Å². The summed E-state index contributed by atoms with van der Waals surface area (Å²) >= 11 is 0. The lowest BCUT2D eigenvalue weighted by atomic mass is 10.1. The molecule has 0 aliphatic carbocycles. The maximum Gasteiger partial charge on any atom is 0.148 e. The molecule has 8 heteroatoms. The Hall–Kier alpha value is -2.23. The topological polar surface area (TPSA) is 82.0 Å². The van der Waals surface area contributed by atoms with Gasteiger partial charge in [-0.25, -0.2) is 9.29 Å². The number of nitrogens with zero attached hydrogens (tertiary/aromatic N) is 4. The molecule has 3 aromatic rings. The van der Waals surface area contributed by atoms with Crippen LogP contribution in [0.15, 0.2) is 53.6 Å². The summed E-state index contributed by atoms with van der Waals surface area (Å²) < 4.78 is 27.3. The molecular formula is C20H24N4O3S. The molecule has 28 heavy (non-hydrogen) atoms. The molecule has 0 radical (unpaired) electrons. The number of aromatic nitrogens is 2. The van der Waals surface area contributed by atoms with E-state index in [1.165, 1.54) is 4.31 Å². The van der Waals surface area contributed by atoms with Crippen LogP contribution in [0.25, 0.3) is 22.2 Å². The Kier molecular flexibility index (Phi) is 5.22. The van der Waals surface area contributed by atoms with E-state index in [0.29, 0.717) is 18.1 Å². The molecule has 2 N–H and O–H groups in total. The molecule has 1 saturated heterocycles. The average molecular weight is 401 g/mol.